The van der Waals surface area contributed by atoms with Crippen LogP contribution >= 0.6 is 11.3 Å². The first-order valence-corrected chi connectivity index (χ1v) is 26.3. The van der Waals surface area contributed by atoms with Crippen LogP contribution < -0.4 is 4.40 Å². The van der Waals surface area contributed by atoms with E-state index in [1.165, 1.54) is 58.5 Å². The Morgan fingerprint density at radius 2 is 1.48 bits per heavy atom. The molecule has 0 unspecified atom stereocenters. The number of nitrogens with zero attached hydrogens (tertiary/aromatic N) is 2. The van der Waals surface area contributed by atoms with E-state index < -0.39 is 13.3 Å². The maximum Gasteiger partial charge on any atom is 0 e. The molecule has 8 rings (SSSR count). The standard InChI is InChI=1S/C28H24NS.C20H19FGeN.Ir/c1-17(2)20-11-12-29-25(16-20)23-8-5-9-24-27-22(7-6-10-26(27)30-28(23)24)21-14-18(3)13-19(4)15-21;1-22(2,3)17-10-12-20(23-14-17)16-9-11-19(21)18(13-16)15-7-5-4-6-8-15;/h5-7,9-17H,1-4H3;4-8,10-14H,1-3H3;/q2*-1;. The van der Waals surface area contributed by atoms with Crippen LogP contribution in [0, 0.1) is 31.8 Å². The fourth-order valence-corrected chi connectivity index (χ4v) is 10.2. The molecule has 0 saturated heterocycles. The van der Waals surface area contributed by atoms with E-state index in [-0.39, 0.29) is 25.9 Å². The Kier molecular flexibility index (Phi) is 12.1. The Morgan fingerprint density at radius 1 is 0.722 bits per heavy atom. The summed E-state index contributed by atoms with van der Waals surface area (Å²) in [4.78, 5) is 9.26. The Bertz CT molecular complexity index is 2530. The smallest absolute Gasteiger partial charge is 0 e. The van der Waals surface area contributed by atoms with E-state index in [2.05, 4.69) is 123 Å². The number of benzene rings is 5. The van der Waals surface area contributed by atoms with Crippen LogP contribution in [0.25, 0.3) is 64.9 Å². The van der Waals surface area contributed by atoms with Crippen LogP contribution in [-0.2, 0) is 20.1 Å². The summed E-state index contributed by atoms with van der Waals surface area (Å²) in [5, 5.41) is 2.62. The molecule has 5 aromatic carbocycles. The minimum atomic E-state index is -1.86. The zero-order valence-corrected chi connectivity index (χ0v) is 37.0. The van der Waals surface area contributed by atoms with Crippen molar-refractivity contribution in [3.05, 3.63) is 162 Å². The van der Waals surface area contributed by atoms with Gasteiger partial charge in [-0.25, -0.2) is 0 Å². The van der Waals surface area contributed by atoms with Gasteiger partial charge in [0.1, 0.15) is 0 Å². The molecule has 273 valence electrons. The van der Waals surface area contributed by atoms with Crippen LogP contribution in [0.3, 0.4) is 0 Å². The average Bonchev–Trinajstić information content (AvgIpc) is 3.54. The summed E-state index contributed by atoms with van der Waals surface area (Å²) in [6.07, 6.45) is 3.89. The van der Waals surface area contributed by atoms with Gasteiger partial charge < -0.3 is 4.98 Å². The molecule has 6 heteroatoms. The first-order valence-electron chi connectivity index (χ1n) is 18.1. The molecule has 0 aliphatic heterocycles. The van der Waals surface area contributed by atoms with Crippen LogP contribution in [-0.4, -0.2) is 23.2 Å². The molecular weight excluding hydrogens is 920 g/mol. The van der Waals surface area contributed by atoms with Crippen LogP contribution in [0.5, 0.6) is 0 Å². The summed E-state index contributed by atoms with van der Waals surface area (Å²) in [5.74, 6) is 7.24. The molecule has 0 spiro atoms. The molecule has 54 heavy (non-hydrogen) atoms. The summed E-state index contributed by atoms with van der Waals surface area (Å²) < 4.78 is 18.1. The topological polar surface area (TPSA) is 25.8 Å². The zero-order valence-electron chi connectivity index (χ0n) is 31.7. The number of rotatable bonds is 6. The van der Waals surface area contributed by atoms with Crippen molar-refractivity contribution in [3.8, 4) is 44.8 Å². The summed E-state index contributed by atoms with van der Waals surface area (Å²) >= 11 is -0.0178. The SMILES string of the molecule is Cc1cc(C)cc(-c2cccc3sc4c(-c5cc(C(C)C)ccn5)[c-]ccc4c23)c1.[CH3][Ge]([CH3])([CH3])[c]1ccc(-c2[c-]cc(F)c(-c3ccccc3)c2)nc1.[Ir]. The van der Waals surface area contributed by atoms with Crippen molar-refractivity contribution >= 4 is 49.2 Å². The van der Waals surface area contributed by atoms with Gasteiger partial charge in [-0.15, -0.1) is 23.8 Å². The van der Waals surface area contributed by atoms with Gasteiger partial charge in [0.05, 0.1) is 0 Å². The minimum absolute atomic E-state index is 0. The number of aromatic nitrogens is 2. The zero-order chi connectivity index (χ0) is 37.3. The molecule has 3 aromatic heterocycles. The van der Waals surface area contributed by atoms with E-state index in [0.717, 1.165) is 28.1 Å². The van der Waals surface area contributed by atoms with Crippen molar-refractivity contribution in [1.29, 1.82) is 0 Å². The molecule has 0 bridgehead atoms. The van der Waals surface area contributed by atoms with Gasteiger partial charge in [-0.1, -0.05) is 72.3 Å². The number of hydrogen-bond donors (Lipinski definition) is 0. The fraction of sp³-hybridized carbons (Fsp3) is 0.167. The Morgan fingerprint density at radius 3 is 2.17 bits per heavy atom. The van der Waals surface area contributed by atoms with Crippen molar-refractivity contribution in [2.45, 2.75) is 50.9 Å². The quantitative estimate of drug-likeness (QED) is 0.123. The van der Waals surface area contributed by atoms with Gasteiger partial charge in [-0.2, -0.15) is 11.3 Å². The number of aryl methyl sites for hydroxylation is 2. The number of thiophene rings is 1. The summed E-state index contributed by atoms with van der Waals surface area (Å²) in [7, 11) is 0. The Balaban J connectivity index is 0.000000187. The molecule has 0 atom stereocenters. The normalized spacial score (nSPS) is 11.4. The van der Waals surface area contributed by atoms with E-state index in [0.29, 0.717) is 11.5 Å². The number of halogens is 1. The van der Waals surface area contributed by atoms with Gasteiger partial charge in [-0.05, 0) is 58.8 Å². The molecule has 0 aliphatic rings. The van der Waals surface area contributed by atoms with Gasteiger partial charge in [0.15, 0.2) is 0 Å². The predicted octanol–water partition coefficient (Wildman–Crippen LogP) is 13.2. The van der Waals surface area contributed by atoms with Gasteiger partial charge in [0, 0.05) is 31.0 Å². The average molecular weight is 964 g/mol. The Labute approximate surface area is 339 Å². The van der Waals surface area contributed by atoms with Crippen molar-refractivity contribution in [1.82, 2.24) is 9.97 Å². The minimum Gasteiger partial charge on any atom is 0 e. The van der Waals surface area contributed by atoms with Crippen LogP contribution in [0.15, 0.2) is 128 Å². The van der Waals surface area contributed by atoms with E-state index in [1.54, 1.807) is 0 Å². The van der Waals surface area contributed by atoms with E-state index in [4.69, 9.17) is 4.98 Å². The van der Waals surface area contributed by atoms with Gasteiger partial charge in [-0.3, -0.25) is 0 Å². The maximum absolute atomic E-state index is 14.1. The second-order valence-electron chi connectivity index (χ2n) is 15.0. The summed E-state index contributed by atoms with van der Waals surface area (Å²) in [5.41, 5.74) is 11.7. The molecule has 0 fully saturated rings. The molecule has 8 aromatic rings. The Hall–Kier alpha value is -4.26. The second kappa shape index (κ2) is 16.6. The van der Waals surface area contributed by atoms with Crippen molar-refractivity contribution < 1.29 is 24.5 Å². The van der Waals surface area contributed by atoms with Crippen LogP contribution in [0.1, 0.15) is 36.5 Å². The first-order chi connectivity index (χ1) is 25.5. The fourth-order valence-electron chi connectivity index (χ4n) is 6.75. The molecule has 0 saturated carbocycles. The van der Waals surface area contributed by atoms with E-state index in [1.807, 2.05) is 72.3 Å². The van der Waals surface area contributed by atoms with Crippen molar-refractivity contribution in [3.63, 3.8) is 0 Å². The second-order valence-corrected chi connectivity index (χ2v) is 26.7. The molecule has 0 N–H and O–H groups in total. The van der Waals surface area contributed by atoms with Crippen LogP contribution in [0.4, 0.5) is 4.39 Å². The van der Waals surface area contributed by atoms with Crippen molar-refractivity contribution in [2.24, 2.45) is 0 Å². The van der Waals surface area contributed by atoms with Crippen molar-refractivity contribution in [2.75, 3.05) is 0 Å². The van der Waals surface area contributed by atoms with Gasteiger partial charge in [0.25, 0.3) is 0 Å². The number of pyridine rings is 2. The van der Waals surface area contributed by atoms with Gasteiger partial charge in [0.2, 0.25) is 0 Å². The summed E-state index contributed by atoms with van der Waals surface area (Å²) in [6.45, 7) is 8.78. The molecule has 0 amide bonds. The van der Waals surface area contributed by atoms with E-state index in [9.17, 15) is 4.39 Å². The number of fused-ring (bicyclic) bond motifs is 3. The first kappa shape index (κ1) is 39.4. The largest absolute Gasteiger partial charge is 0 e. The predicted molar refractivity (Wildman–Crippen MR) is 227 cm³/mol. The maximum atomic E-state index is 14.1. The monoisotopic (exact) mass is 965 g/mol. The number of hydrogen-bond acceptors (Lipinski definition) is 3. The van der Waals surface area contributed by atoms with Crippen LogP contribution in [0.2, 0.25) is 17.3 Å². The summed E-state index contributed by atoms with van der Waals surface area (Å²) in [6, 6.07) is 45.5. The van der Waals surface area contributed by atoms with Gasteiger partial charge >= 0.3 is 139 Å². The third-order valence-electron chi connectivity index (χ3n) is 9.59. The molecule has 1 radical (unpaired) electrons. The molecule has 0 aliphatic carbocycles. The van der Waals surface area contributed by atoms with E-state index >= 15 is 0 Å². The third kappa shape index (κ3) is 8.51. The third-order valence-corrected chi connectivity index (χ3v) is 15.0. The molecule has 2 nitrogen and oxygen atoms in total. The molecule has 3 heterocycles. The molecular formula is C48H43FGeIrN2S-2.